The van der Waals surface area contributed by atoms with Gasteiger partial charge in [-0.2, -0.15) is 0 Å². The second-order valence-corrected chi connectivity index (χ2v) is 6.25. The van der Waals surface area contributed by atoms with Gasteiger partial charge in [-0.05, 0) is 18.4 Å². The summed E-state index contributed by atoms with van der Waals surface area (Å²) in [6.07, 6.45) is 0.516. The zero-order chi connectivity index (χ0) is 13.8. The van der Waals surface area contributed by atoms with E-state index in [2.05, 4.69) is 4.90 Å². The molecule has 0 aliphatic carbocycles. The van der Waals surface area contributed by atoms with Crippen LogP contribution in [0.2, 0.25) is 0 Å². The van der Waals surface area contributed by atoms with Gasteiger partial charge in [0.05, 0.1) is 17.5 Å². The second-order valence-electron chi connectivity index (χ2n) is 4.75. The number of hydrogen-bond acceptors (Lipinski definition) is 4. The molecule has 4 nitrogen and oxygen atoms in total. The highest BCUT2D eigenvalue weighted by Crippen LogP contribution is 2.13. The second kappa shape index (κ2) is 6.45. The molecule has 0 bridgehead atoms. The molecule has 1 amide bonds. The van der Waals surface area contributed by atoms with Crippen molar-refractivity contribution < 1.29 is 4.79 Å². The van der Waals surface area contributed by atoms with Crippen molar-refractivity contribution in [1.29, 1.82) is 0 Å². The summed E-state index contributed by atoms with van der Waals surface area (Å²) in [5.74, 6) is 0.213. The molecule has 19 heavy (non-hydrogen) atoms. The van der Waals surface area contributed by atoms with Gasteiger partial charge in [0.15, 0.2) is 0 Å². The van der Waals surface area contributed by atoms with E-state index < -0.39 is 0 Å². The first kappa shape index (κ1) is 14.4. The third-order valence-electron chi connectivity index (χ3n) is 3.53. The first-order valence-corrected chi connectivity index (χ1v) is 7.70. The lowest BCUT2D eigenvalue weighted by Crippen LogP contribution is -2.54. The molecule has 104 valence electrons. The number of amides is 1. The van der Waals surface area contributed by atoms with Crippen LogP contribution >= 0.6 is 23.6 Å². The van der Waals surface area contributed by atoms with Gasteiger partial charge in [-0.1, -0.05) is 18.3 Å². The molecule has 2 N–H and O–H groups in total. The number of nitrogens with two attached hydrogens (primary N) is 1. The highest BCUT2D eigenvalue weighted by molar-refractivity contribution is 7.80. The average molecular weight is 297 g/mol. The highest BCUT2D eigenvalue weighted by Gasteiger charge is 2.25. The largest absolute Gasteiger partial charge is 0.392 e. The average Bonchev–Trinajstić information content (AvgIpc) is 2.90. The van der Waals surface area contributed by atoms with Crippen LogP contribution in [0.15, 0.2) is 17.5 Å². The normalized spacial score (nSPS) is 18.3. The standard InChI is InChI=1S/C13H19N3OS2/c1-10(13(14)18)15-4-6-16(7-5-15)12(17)9-11-3-2-8-19-11/h2-3,8,10H,4-7,9H2,1H3,(H2,14,18). The maximum Gasteiger partial charge on any atom is 0.227 e. The van der Waals surface area contributed by atoms with Crippen LogP contribution in [0.1, 0.15) is 11.8 Å². The summed E-state index contributed by atoms with van der Waals surface area (Å²) < 4.78 is 0. The fraction of sp³-hybridized carbons (Fsp3) is 0.538. The van der Waals surface area contributed by atoms with Crippen LogP contribution in [-0.2, 0) is 11.2 Å². The lowest BCUT2D eigenvalue weighted by atomic mass is 10.2. The zero-order valence-corrected chi connectivity index (χ0v) is 12.7. The van der Waals surface area contributed by atoms with Crippen molar-refractivity contribution in [3.05, 3.63) is 22.4 Å². The molecule has 1 atom stereocenters. The van der Waals surface area contributed by atoms with Crippen LogP contribution in [0.4, 0.5) is 0 Å². The Labute approximate surface area is 123 Å². The Morgan fingerprint density at radius 1 is 1.47 bits per heavy atom. The minimum absolute atomic E-state index is 0.115. The molecule has 1 fully saturated rings. The van der Waals surface area contributed by atoms with Crippen molar-refractivity contribution >= 4 is 34.5 Å². The Kier molecular flexibility index (Phi) is 4.90. The van der Waals surface area contributed by atoms with Crippen molar-refractivity contribution in [2.24, 2.45) is 5.73 Å². The molecule has 2 rings (SSSR count). The number of carbonyl (C=O) groups excluding carboxylic acids is 1. The Morgan fingerprint density at radius 2 is 2.16 bits per heavy atom. The minimum Gasteiger partial charge on any atom is -0.392 e. The minimum atomic E-state index is 0.115. The SMILES string of the molecule is CC(C(N)=S)N1CCN(C(=O)Cc2cccs2)CC1. The van der Waals surface area contributed by atoms with E-state index >= 15 is 0 Å². The van der Waals surface area contributed by atoms with Crippen molar-refractivity contribution in [2.45, 2.75) is 19.4 Å². The van der Waals surface area contributed by atoms with Gasteiger partial charge in [-0.15, -0.1) is 11.3 Å². The molecule has 0 spiro atoms. The summed E-state index contributed by atoms with van der Waals surface area (Å²) in [6.45, 7) is 5.23. The van der Waals surface area contributed by atoms with Gasteiger partial charge in [0.1, 0.15) is 0 Å². The first-order chi connectivity index (χ1) is 9.08. The van der Waals surface area contributed by atoms with E-state index in [9.17, 15) is 4.79 Å². The van der Waals surface area contributed by atoms with E-state index in [-0.39, 0.29) is 11.9 Å². The van der Waals surface area contributed by atoms with Crippen molar-refractivity contribution in [1.82, 2.24) is 9.80 Å². The van der Waals surface area contributed by atoms with Crippen LogP contribution in [-0.4, -0.2) is 52.9 Å². The van der Waals surface area contributed by atoms with Crippen LogP contribution in [0.25, 0.3) is 0 Å². The summed E-state index contributed by atoms with van der Waals surface area (Å²) in [5, 5.41) is 2.00. The molecular weight excluding hydrogens is 278 g/mol. The van der Waals surface area contributed by atoms with Crippen LogP contribution in [0.5, 0.6) is 0 Å². The van der Waals surface area contributed by atoms with Gasteiger partial charge < -0.3 is 10.6 Å². The third kappa shape index (κ3) is 3.75. The Bertz CT molecular complexity index is 439. The monoisotopic (exact) mass is 297 g/mol. The maximum absolute atomic E-state index is 12.1. The predicted molar refractivity (Wildman–Crippen MR) is 82.4 cm³/mol. The van der Waals surface area contributed by atoms with E-state index in [0.29, 0.717) is 11.4 Å². The molecule has 1 aliphatic heterocycles. The number of thiophene rings is 1. The van der Waals surface area contributed by atoms with Gasteiger partial charge >= 0.3 is 0 Å². The van der Waals surface area contributed by atoms with Gasteiger partial charge in [-0.25, -0.2) is 0 Å². The molecule has 2 heterocycles. The van der Waals surface area contributed by atoms with Gasteiger partial charge in [0, 0.05) is 31.1 Å². The molecular formula is C13H19N3OS2. The number of rotatable bonds is 4. The molecule has 6 heteroatoms. The predicted octanol–water partition coefficient (Wildman–Crippen LogP) is 1.11. The van der Waals surface area contributed by atoms with Crippen LogP contribution in [0, 0.1) is 0 Å². The quantitative estimate of drug-likeness (QED) is 0.846. The van der Waals surface area contributed by atoms with E-state index in [1.54, 1.807) is 11.3 Å². The maximum atomic E-state index is 12.1. The molecule has 0 saturated carbocycles. The van der Waals surface area contributed by atoms with Gasteiger partial charge in [-0.3, -0.25) is 9.69 Å². The van der Waals surface area contributed by atoms with Gasteiger partial charge in [0.25, 0.3) is 0 Å². The smallest absolute Gasteiger partial charge is 0.227 e. The zero-order valence-electron chi connectivity index (χ0n) is 11.0. The van der Waals surface area contributed by atoms with E-state index in [1.807, 2.05) is 29.3 Å². The Hall–Kier alpha value is -0.980. The molecule has 0 radical (unpaired) electrons. The summed E-state index contributed by atoms with van der Waals surface area (Å²) in [6, 6.07) is 4.10. The first-order valence-electron chi connectivity index (χ1n) is 6.41. The summed E-state index contributed by atoms with van der Waals surface area (Å²) >= 11 is 6.65. The lowest BCUT2D eigenvalue weighted by Gasteiger charge is -2.37. The highest BCUT2D eigenvalue weighted by atomic mass is 32.1. The molecule has 1 aliphatic rings. The van der Waals surface area contributed by atoms with E-state index in [4.69, 9.17) is 18.0 Å². The van der Waals surface area contributed by atoms with Crippen molar-refractivity contribution in [3.63, 3.8) is 0 Å². The molecule has 0 aromatic carbocycles. The number of hydrogen-bond donors (Lipinski definition) is 1. The molecule has 1 saturated heterocycles. The Morgan fingerprint density at radius 3 is 2.68 bits per heavy atom. The van der Waals surface area contributed by atoms with Crippen LogP contribution < -0.4 is 5.73 Å². The van der Waals surface area contributed by atoms with Crippen LogP contribution in [0.3, 0.4) is 0 Å². The summed E-state index contributed by atoms with van der Waals surface area (Å²) in [4.78, 5) is 18.0. The van der Waals surface area contributed by atoms with Crippen molar-refractivity contribution in [3.8, 4) is 0 Å². The number of thiocarbonyl (C=S) groups is 1. The Balaban J connectivity index is 1.83. The number of carbonyl (C=O) groups is 1. The summed E-state index contributed by atoms with van der Waals surface area (Å²) in [7, 11) is 0. The van der Waals surface area contributed by atoms with Crippen molar-refractivity contribution in [2.75, 3.05) is 26.2 Å². The molecule has 1 aromatic heterocycles. The number of piperazine rings is 1. The van der Waals surface area contributed by atoms with E-state index in [1.165, 1.54) is 0 Å². The topological polar surface area (TPSA) is 49.6 Å². The summed E-state index contributed by atoms with van der Waals surface area (Å²) in [5.41, 5.74) is 5.66. The fourth-order valence-electron chi connectivity index (χ4n) is 2.21. The molecule has 1 unspecified atom stereocenters. The number of nitrogens with zero attached hydrogens (tertiary/aromatic N) is 2. The molecule has 1 aromatic rings. The fourth-order valence-corrected chi connectivity index (χ4v) is 3.06. The van der Waals surface area contributed by atoms with Gasteiger partial charge in [0.2, 0.25) is 5.91 Å². The third-order valence-corrected chi connectivity index (χ3v) is 4.75. The lowest BCUT2D eigenvalue weighted by molar-refractivity contribution is -0.132. The van der Waals surface area contributed by atoms with E-state index in [0.717, 1.165) is 31.1 Å².